The third kappa shape index (κ3) is 4.84. The van der Waals surface area contributed by atoms with Crippen LogP contribution in [0.15, 0.2) is 30.6 Å². The molecule has 2 atom stereocenters. The number of fused-ring (bicyclic) bond motifs is 1. The van der Waals surface area contributed by atoms with E-state index in [0.717, 1.165) is 25.7 Å². The van der Waals surface area contributed by atoms with E-state index in [9.17, 15) is 24.0 Å². The second-order valence-corrected chi connectivity index (χ2v) is 11.5. The Bertz CT molecular complexity index is 1220. The molecule has 0 aliphatic heterocycles. The van der Waals surface area contributed by atoms with Gasteiger partial charge in [0.2, 0.25) is 5.95 Å². The standard InChI is InChI=1S/C20H27N7O5P2/c1-2-27-11-22-16-17(25-19(26-18(16)27)24-15-9-5-13(21)6-10-15)23-14-7-3-12(4-8-14)20(28,33-29)34(30,31)32/h3-4,7-8,11,13,15,28H,2,5-6,9-10,21H2,1H3,(H2,30,31,32)(H2,23,24,25,26)/p+1. The van der Waals surface area contributed by atoms with E-state index in [2.05, 4.69) is 25.6 Å². The van der Waals surface area contributed by atoms with Gasteiger partial charge in [0.1, 0.15) is 0 Å². The molecule has 2 aromatic heterocycles. The molecule has 0 amide bonds. The molecular formula is C20H28N7O5P2+. The minimum atomic E-state index is -5.07. The molecule has 1 aliphatic rings. The van der Waals surface area contributed by atoms with Crippen molar-refractivity contribution in [1.29, 1.82) is 0 Å². The Morgan fingerprint density at radius 2 is 1.88 bits per heavy atom. The van der Waals surface area contributed by atoms with Crippen LogP contribution in [0, 0.1) is 0 Å². The molecule has 182 valence electrons. The number of benzene rings is 1. The molecule has 0 radical (unpaired) electrons. The van der Waals surface area contributed by atoms with Gasteiger partial charge in [-0.1, -0.05) is 4.57 Å². The van der Waals surface area contributed by atoms with E-state index in [0.29, 0.717) is 35.2 Å². The molecule has 0 bridgehead atoms. The predicted molar refractivity (Wildman–Crippen MR) is 130 cm³/mol. The average Bonchev–Trinajstić information content (AvgIpc) is 3.23. The Balaban J connectivity index is 1.64. The summed E-state index contributed by atoms with van der Waals surface area (Å²) in [6, 6.07) is 6.08. The number of hydrogen-bond acceptors (Lipinski definition) is 9. The lowest BCUT2D eigenvalue weighted by Gasteiger charge is -2.26. The van der Waals surface area contributed by atoms with E-state index in [-0.39, 0.29) is 17.6 Å². The van der Waals surface area contributed by atoms with Crippen molar-refractivity contribution in [2.75, 3.05) is 10.6 Å². The van der Waals surface area contributed by atoms with Crippen molar-refractivity contribution in [3.05, 3.63) is 36.2 Å². The fraction of sp³-hybridized carbons (Fsp3) is 0.450. The monoisotopic (exact) mass is 508 g/mol. The highest BCUT2D eigenvalue weighted by atomic mass is 31.2. The van der Waals surface area contributed by atoms with Crippen molar-refractivity contribution >= 4 is 44.7 Å². The Labute approximate surface area is 197 Å². The third-order valence-electron chi connectivity index (χ3n) is 6.02. The molecule has 14 heteroatoms. The molecule has 0 saturated heterocycles. The molecule has 7 N–H and O–H groups in total. The van der Waals surface area contributed by atoms with Crippen molar-refractivity contribution in [3.63, 3.8) is 0 Å². The molecule has 0 spiro atoms. The van der Waals surface area contributed by atoms with Crippen molar-refractivity contribution in [2.45, 2.75) is 56.3 Å². The number of imidazole rings is 1. The zero-order valence-corrected chi connectivity index (χ0v) is 20.4. The summed E-state index contributed by atoms with van der Waals surface area (Å²) in [6.07, 6.45) is 5.43. The van der Waals surface area contributed by atoms with Crippen LogP contribution in [0.5, 0.6) is 0 Å². The Hall–Kier alpha value is -2.46. The molecule has 2 unspecified atom stereocenters. The number of aliphatic hydroxyl groups is 1. The highest BCUT2D eigenvalue weighted by Crippen LogP contribution is 2.61. The first-order chi connectivity index (χ1) is 16.1. The van der Waals surface area contributed by atoms with Gasteiger partial charge in [-0.15, -0.1) is 0 Å². The molecule has 1 saturated carbocycles. The molecule has 1 fully saturated rings. The lowest BCUT2D eigenvalue weighted by Crippen LogP contribution is -2.33. The van der Waals surface area contributed by atoms with Gasteiger partial charge in [0, 0.05) is 29.9 Å². The summed E-state index contributed by atoms with van der Waals surface area (Å²) < 4.78 is 25.0. The number of nitrogens with zero attached hydrogens (tertiary/aromatic N) is 4. The van der Waals surface area contributed by atoms with Gasteiger partial charge in [-0.2, -0.15) is 9.97 Å². The van der Waals surface area contributed by atoms with Gasteiger partial charge in [0.25, 0.3) is 0 Å². The number of aromatic nitrogens is 4. The normalized spacial score (nSPS) is 20.9. The summed E-state index contributed by atoms with van der Waals surface area (Å²) in [5.41, 5.74) is 7.62. The van der Waals surface area contributed by atoms with Gasteiger partial charge in [0.15, 0.2) is 17.0 Å². The quantitative estimate of drug-likeness (QED) is 0.245. The first-order valence-corrected chi connectivity index (χ1v) is 13.5. The lowest BCUT2D eigenvalue weighted by molar-refractivity contribution is 0.168. The molecule has 3 aromatic rings. The van der Waals surface area contributed by atoms with Gasteiger partial charge in [-0.05, 0) is 56.9 Å². The first kappa shape index (κ1) is 24.7. The number of nitrogens with two attached hydrogens (primary N) is 1. The highest BCUT2D eigenvalue weighted by Gasteiger charge is 2.56. The Morgan fingerprint density at radius 1 is 1.21 bits per heavy atom. The molecule has 4 rings (SSSR count). The summed E-state index contributed by atoms with van der Waals surface area (Å²) in [4.78, 5) is 32.6. The van der Waals surface area contributed by atoms with E-state index in [4.69, 9.17) is 5.73 Å². The maximum Gasteiger partial charge on any atom is 0.412 e. The fourth-order valence-corrected chi connectivity index (χ4v) is 5.23. The van der Waals surface area contributed by atoms with Gasteiger partial charge in [-0.3, -0.25) is 4.57 Å². The fourth-order valence-electron chi connectivity index (χ4n) is 3.98. The van der Waals surface area contributed by atoms with Crippen LogP contribution in [0.4, 0.5) is 17.5 Å². The zero-order chi connectivity index (χ0) is 24.5. The Kier molecular flexibility index (Phi) is 7.00. The van der Waals surface area contributed by atoms with Gasteiger partial charge < -0.3 is 35.8 Å². The summed E-state index contributed by atoms with van der Waals surface area (Å²) in [5.74, 6) is 0.918. The van der Waals surface area contributed by atoms with Crippen LogP contribution in [0.2, 0.25) is 0 Å². The Morgan fingerprint density at radius 3 is 2.47 bits per heavy atom. The van der Waals surface area contributed by atoms with Gasteiger partial charge >= 0.3 is 21.1 Å². The predicted octanol–water partition coefficient (Wildman–Crippen LogP) is 2.58. The van der Waals surface area contributed by atoms with E-state index in [1.165, 1.54) is 24.3 Å². The molecule has 2 heterocycles. The molecule has 12 nitrogen and oxygen atoms in total. The SMILES string of the molecule is CCn1cnc2c(Nc3ccc(C(O)([PH+]=O)P(=O)(O)O)cc3)nc(NC3CCC(N)CC3)nc21. The summed E-state index contributed by atoms with van der Waals surface area (Å²) >= 11 is 0. The third-order valence-corrected chi connectivity index (χ3v) is 8.85. The van der Waals surface area contributed by atoms with Crippen molar-refractivity contribution in [2.24, 2.45) is 5.73 Å². The van der Waals surface area contributed by atoms with Crippen LogP contribution in [0.25, 0.3) is 11.2 Å². The van der Waals surface area contributed by atoms with Crippen molar-refractivity contribution < 1.29 is 24.0 Å². The zero-order valence-electron chi connectivity index (χ0n) is 18.5. The number of nitrogens with one attached hydrogen (secondary N) is 2. The second kappa shape index (κ2) is 9.65. The second-order valence-electron chi connectivity index (χ2n) is 8.38. The van der Waals surface area contributed by atoms with Crippen molar-refractivity contribution in [3.8, 4) is 0 Å². The number of rotatable bonds is 8. The minimum Gasteiger partial charge on any atom is -0.351 e. The summed E-state index contributed by atoms with van der Waals surface area (Å²) in [5, 5.41) is 14.1. The van der Waals surface area contributed by atoms with E-state index < -0.39 is 21.1 Å². The van der Waals surface area contributed by atoms with Gasteiger partial charge in [0.05, 0.1) is 6.33 Å². The van der Waals surface area contributed by atoms with Crippen molar-refractivity contribution in [1.82, 2.24) is 19.5 Å². The topological polar surface area (TPSA) is 189 Å². The number of hydrogen-bond donors (Lipinski definition) is 6. The van der Waals surface area contributed by atoms with E-state index >= 15 is 0 Å². The van der Waals surface area contributed by atoms with E-state index in [1.54, 1.807) is 6.33 Å². The molecule has 1 aromatic carbocycles. The minimum absolute atomic E-state index is 0.152. The average molecular weight is 508 g/mol. The largest absolute Gasteiger partial charge is 0.412 e. The van der Waals surface area contributed by atoms with Crippen LogP contribution >= 0.6 is 16.1 Å². The summed E-state index contributed by atoms with van der Waals surface area (Å²) in [6.45, 7) is 2.67. The van der Waals surface area contributed by atoms with Crippen LogP contribution in [-0.4, -0.2) is 46.5 Å². The van der Waals surface area contributed by atoms with E-state index in [1.807, 2.05) is 11.5 Å². The maximum atomic E-state index is 11.7. The smallest absolute Gasteiger partial charge is 0.351 e. The van der Waals surface area contributed by atoms with Crippen LogP contribution < -0.4 is 16.4 Å². The maximum absolute atomic E-state index is 11.7. The highest BCUT2D eigenvalue weighted by molar-refractivity contribution is 7.62. The lowest BCUT2D eigenvalue weighted by atomic mass is 9.92. The number of anilines is 3. The van der Waals surface area contributed by atoms with Crippen LogP contribution in [0.1, 0.15) is 38.2 Å². The molecule has 34 heavy (non-hydrogen) atoms. The van der Waals surface area contributed by atoms with Gasteiger partial charge in [-0.25, -0.2) is 4.98 Å². The summed E-state index contributed by atoms with van der Waals surface area (Å²) in [7, 11) is -6.71. The van der Waals surface area contributed by atoms with Crippen LogP contribution in [0.3, 0.4) is 0 Å². The molecular weight excluding hydrogens is 480 g/mol. The first-order valence-electron chi connectivity index (χ1n) is 10.9. The van der Waals surface area contributed by atoms with Crippen LogP contribution in [-0.2, 0) is 20.8 Å². The number of aryl methyl sites for hydroxylation is 1. The molecule has 1 aliphatic carbocycles.